The molecular weight excluding hydrogens is 240 g/mol. The fourth-order valence-corrected chi connectivity index (χ4v) is 2.01. The maximum Gasteiger partial charge on any atom is 0.214 e. The van der Waals surface area contributed by atoms with Crippen molar-refractivity contribution in [3.8, 4) is 0 Å². The highest BCUT2D eigenvalue weighted by Crippen LogP contribution is 2.27. The summed E-state index contributed by atoms with van der Waals surface area (Å²) >= 11 is 0. The smallest absolute Gasteiger partial charge is 0.214 e. The molecule has 0 amide bonds. The summed E-state index contributed by atoms with van der Waals surface area (Å²) in [6.45, 7) is 14.5. The lowest BCUT2D eigenvalue weighted by Crippen LogP contribution is -2.36. The number of hydrogen-bond donors (Lipinski definition) is 1. The Bertz CT molecular complexity index is 399. The van der Waals surface area contributed by atoms with Crippen LogP contribution in [0.1, 0.15) is 41.5 Å². The standard InChI is InChI=1S/C15H26N2O2/c1-14(2,3)10-8-18-12(16-10)7-13-17-11(9-19-13)15(4,5)6/h7,10-11,16H,8-9H2,1-6H3/b12-7-/t10-,11-/m1/s1. The van der Waals surface area contributed by atoms with E-state index in [2.05, 4.69) is 51.9 Å². The van der Waals surface area contributed by atoms with Gasteiger partial charge in [-0.1, -0.05) is 41.5 Å². The number of aliphatic imine (C=N–C) groups is 1. The normalized spacial score (nSPS) is 29.8. The van der Waals surface area contributed by atoms with Crippen molar-refractivity contribution in [3.05, 3.63) is 12.0 Å². The van der Waals surface area contributed by atoms with Crippen LogP contribution in [0.2, 0.25) is 0 Å². The van der Waals surface area contributed by atoms with Gasteiger partial charge in [0.05, 0.1) is 18.2 Å². The molecule has 108 valence electrons. The van der Waals surface area contributed by atoms with Gasteiger partial charge in [0.15, 0.2) is 5.88 Å². The Labute approximate surface area is 116 Å². The number of ether oxygens (including phenoxy) is 2. The largest absolute Gasteiger partial charge is 0.477 e. The van der Waals surface area contributed by atoms with Gasteiger partial charge in [-0.15, -0.1) is 0 Å². The summed E-state index contributed by atoms with van der Waals surface area (Å²) in [5, 5.41) is 3.39. The fraction of sp³-hybridized carbons (Fsp3) is 0.800. The predicted octanol–water partition coefficient (Wildman–Crippen LogP) is 2.71. The van der Waals surface area contributed by atoms with Crippen LogP contribution in [0.4, 0.5) is 0 Å². The molecule has 4 nitrogen and oxygen atoms in total. The van der Waals surface area contributed by atoms with Crippen LogP contribution in [-0.4, -0.2) is 31.2 Å². The molecule has 0 aliphatic carbocycles. The molecule has 2 heterocycles. The summed E-state index contributed by atoms with van der Waals surface area (Å²) in [4.78, 5) is 4.61. The fourth-order valence-electron chi connectivity index (χ4n) is 2.01. The van der Waals surface area contributed by atoms with E-state index in [0.29, 0.717) is 25.2 Å². The Hall–Kier alpha value is -1.19. The quantitative estimate of drug-likeness (QED) is 0.793. The van der Waals surface area contributed by atoms with Crippen molar-refractivity contribution in [2.45, 2.75) is 53.6 Å². The summed E-state index contributed by atoms with van der Waals surface area (Å²) < 4.78 is 11.3. The number of nitrogens with one attached hydrogen (secondary N) is 1. The molecule has 2 aliphatic rings. The third kappa shape index (κ3) is 3.43. The zero-order valence-corrected chi connectivity index (χ0v) is 12.9. The van der Waals surface area contributed by atoms with E-state index < -0.39 is 0 Å². The third-order valence-electron chi connectivity index (χ3n) is 3.69. The van der Waals surface area contributed by atoms with Gasteiger partial charge in [0.2, 0.25) is 5.90 Å². The van der Waals surface area contributed by atoms with Crippen LogP contribution in [0.3, 0.4) is 0 Å². The molecule has 1 saturated heterocycles. The lowest BCUT2D eigenvalue weighted by atomic mass is 9.88. The average molecular weight is 266 g/mol. The first kappa shape index (κ1) is 14.2. The van der Waals surface area contributed by atoms with Gasteiger partial charge in [-0.3, -0.25) is 0 Å². The first-order chi connectivity index (χ1) is 8.66. The van der Waals surface area contributed by atoms with Gasteiger partial charge in [-0.2, -0.15) is 0 Å². The van der Waals surface area contributed by atoms with Gasteiger partial charge < -0.3 is 14.8 Å². The Kier molecular flexibility index (Phi) is 3.54. The minimum Gasteiger partial charge on any atom is -0.477 e. The van der Waals surface area contributed by atoms with E-state index in [9.17, 15) is 0 Å². The Morgan fingerprint density at radius 1 is 1.05 bits per heavy atom. The van der Waals surface area contributed by atoms with Gasteiger partial charge in [-0.05, 0) is 10.8 Å². The maximum atomic E-state index is 5.66. The number of nitrogens with zero attached hydrogens (tertiary/aromatic N) is 1. The van der Waals surface area contributed by atoms with Crippen molar-refractivity contribution in [2.24, 2.45) is 15.8 Å². The second kappa shape index (κ2) is 4.73. The van der Waals surface area contributed by atoms with Crippen molar-refractivity contribution >= 4 is 5.90 Å². The molecule has 0 aromatic carbocycles. The van der Waals surface area contributed by atoms with Crippen LogP contribution in [0.15, 0.2) is 17.0 Å². The zero-order valence-electron chi connectivity index (χ0n) is 12.9. The van der Waals surface area contributed by atoms with E-state index in [1.54, 1.807) is 0 Å². The molecular formula is C15H26N2O2. The maximum absolute atomic E-state index is 5.66. The van der Waals surface area contributed by atoms with Crippen molar-refractivity contribution in [3.63, 3.8) is 0 Å². The van der Waals surface area contributed by atoms with Gasteiger partial charge in [0, 0.05) is 0 Å². The van der Waals surface area contributed by atoms with E-state index in [1.807, 2.05) is 6.08 Å². The van der Waals surface area contributed by atoms with Gasteiger partial charge in [-0.25, -0.2) is 4.99 Å². The van der Waals surface area contributed by atoms with Crippen LogP contribution >= 0.6 is 0 Å². The lowest BCUT2D eigenvalue weighted by molar-refractivity contribution is 0.214. The monoisotopic (exact) mass is 266 g/mol. The highest BCUT2D eigenvalue weighted by atomic mass is 16.5. The minimum atomic E-state index is 0.137. The van der Waals surface area contributed by atoms with E-state index in [1.165, 1.54) is 0 Å². The van der Waals surface area contributed by atoms with Crippen LogP contribution in [0, 0.1) is 10.8 Å². The molecule has 2 aliphatic heterocycles. The van der Waals surface area contributed by atoms with E-state index in [-0.39, 0.29) is 16.9 Å². The molecule has 19 heavy (non-hydrogen) atoms. The second-order valence-corrected chi connectivity index (χ2v) is 7.54. The summed E-state index contributed by atoms with van der Waals surface area (Å²) in [5.41, 5.74) is 0.319. The topological polar surface area (TPSA) is 42.8 Å². The highest BCUT2D eigenvalue weighted by molar-refractivity contribution is 5.89. The minimum absolute atomic E-state index is 0.137. The number of rotatable bonds is 1. The van der Waals surface area contributed by atoms with E-state index in [4.69, 9.17) is 9.47 Å². The van der Waals surface area contributed by atoms with Crippen LogP contribution in [0.5, 0.6) is 0 Å². The summed E-state index contributed by atoms with van der Waals surface area (Å²) in [7, 11) is 0. The van der Waals surface area contributed by atoms with E-state index >= 15 is 0 Å². The van der Waals surface area contributed by atoms with Gasteiger partial charge in [0.25, 0.3) is 0 Å². The Morgan fingerprint density at radius 3 is 2.21 bits per heavy atom. The SMILES string of the molecule is CC(C)(C)[C@H]1COC(/C=C2/N[C@@H](C(C)(C)C)CO2)=N1. The molecule has 2 rings (SSSR count). The summed E-state index contributed by atoms with van der Waals surface area (Å²) in [6, 6.07) is 0.554. The molecule has 0 bridgehead atoms. The zero-order chi connectivity index (χ0) is 14.3. The molecule has 0 spiro atoms. The van der Waals surface area contributed by atoms with Crippen molar-refractivity contribution in [1.29, 1.82) is 0 Å². The Morgan fingerprint density at radius 2 is 1.74 bits per heavy atom. The predicted molar refractivity (Wildman–Crippen MR) is 77.0 cm³/mol. The molecule has 0 unspecified atom stereocenters. The third-order valence-corrected chi connectivity index (χ3v) is 3.69. The first-order valence-corrected chi connectivity index (χ1v) is 6.98. The molecule has 4 heteroatoms. The molecule has 0 aromatic rings. The number of hydrogen-bond acceptors (Lipinski definition) is 4. The van der Waals surface area contributed by atoms with Crippen molar-refractivity contribution in [1.82, 2.24) is 5.32 Å². The molecule has 1 N–H and O–H groups in total. The summed E-state index contributed by atoms with van der Waals surface area (Å²) in [5.74, 6) is 1.45. The summed E-state index contributed by atoms with van der Waals surface area (Å²) in [6.07, 6.45) is 1.87. The average Bonchev–Trinajstić information content (AvgIpc) is 2.84. The van der Waals surface area contributed by atoms with Crippen molar-refractivity contribution in [2.75, 3.05) is 13.2 Å². The van der Waals surface area contributed by atoms with Crippen LogP contribution in [-0.2, 0) is 9.47 Å². The van der Waals surface area contributed by atoms with Gasteiger partial charge >= 0.3 is 0 Å². The lowest BCUT2D eigenvalue weighted by Gasteiger charge is -2.24. The molecule has 1 fully saturated rings. The van der Waals surface area contributed by atoms with Crippen LogP contribution in [0.25, 0.3) is 0 Å². The van der Waals surface area contributed by atoms with Crippen LogP contribution < -0.4 is 5.32 Å². The second-order valence-electron chi connectivity index (χ2n) is 7.54. The molecule has 0 aromatic heterocycles. The molecule has 0 radical (unpaired) electrons. The highest BCUT2D eigenvalue weighted by Gasteiger charge is 2.33. The first-order valence-electron chi connectivity index (χ1n) is 6.98. The Balaban J connectivity index is 2.01. The molecule has 2 atom stereocenters. The van der Waals surface area contributed by atoms with Crippen molar-refractivity contribution < 1.29 is 9.47 Å². The van der Waals surface area contributed by atoms with E-state index in [0.717, 1.165) is 5.88 Å². The van der Waals surface area contributed by atoms with Gasteiger partial charge in [0.1, 0.15) is 13.2 Å². The molecule has 0 saturated carbocycles.